The average molecular weight is 303 g/mol. The van der Waals surface area contributed by atoms with E-state index in [1.807, 2.05) is 24.3 Å². The highest BCUT2D eigenvalue weighted by atomic mass is 35.5. The van der Waals surface area contributed by atoms with E-state index in [0.717, 1.165) is 30.4 Å². The van der Waals surface area contributed by atoms with Crippen molar-refractivity contribution in [1.29, 1.82) is 0 Å². The number of fused-ring (bicyclic) bond motifs is 1. The number of hydrogen-bond donors (Lipinski definition) is 2. The Bertz CT molecular complexity index is 614. The summed E-state index contributed by atoms with van der Waals surface area (Å²) < 4.78 is 0. The van der Waals surface area contributed by atoms with Gasteiger partial charge < -0.3 is 10.4 Å². The van der Waals surface area contributed by atoms with Crippen LogP contribution in [0, 0.1) is 0 Å². The van der Waals surface area contributed by atoms with Crippen molar-refractivity contribution in [3.63, 3.8) is 0 Å². The van der Waals surface area contributed by atoms with Gasteiger partial charge in [-0.25, -0.2) is 4.98 Å². The average Bonchev–Trinajstić information content (AvgIpc) is 2.50. The number of aryl methyl sites for hydroxylation is 1. The maximum atomic E-state index is 10.9. The molecule has 4 heteroatoms. The molecule has 1 aliphatic carbocycles. The number of nitrogens with one attached hydrogen (secondary N) is 1. The molecule has 2 N–H and O–H groups in total. The molecular formula is C17H19ClN2O. The van der Waals surface area contributed by atoms with Crippen LogP contribution in [0.1, 0.15) is 29.5 Å². The molecule has 3 nitrogen and oxygen atoms in total. The van der Waals surface area contributed by atoms with Crippen LogP contribution in [0.15, 0.2) is 42.6 Å². The number of aromatic nitrogens is 1. The maximum Gasteiger partial charge on any atom is 0.129 e. The summed E-state index contributed by atoms with van der Waals surface area (Å²) in [6, 6.07) is 11.9. The number of pyridine rings is 1. The lowest BCUT2D eigenvalue weighted by atomic mass is 9.79. The summed E-state index contributed by atoms with van der Waals surface area (Å²) in [5.74, 6) is 0. The zero-order chi connectivity index (χ0) is 14.7. The van der Waals surface area contributed by atoms with E-state index in [-0.39, 0.29) is 0 Å². The minimum Gasteiger partial charge on any atom is -0.384 e. The molecule has 0 fully saturated rings. The van der Waals surface area contributed by atoms with E-state index in [1.54, 1.807) is 12.3 Å². The first-order chi connectivity index (χ1) is 10.2. The second-order valence-corrected chi connectivity index (χ2v) is 6.02. The fourth-order valence-electron chi connectivity index (χ4n) is 3.01. The van der Waals surface area contributed by atoms with Gasteiger partial charge in [0, 0.05) is 19.3 Å². The third kappa shape index (κ3) is 3.26. The van der Waals surface area contributed by atoms with E-state index in [1.165, 1.54) is 5.56 Å². The number of rotatable bonds is 4. The van der Waals surface area contributed by atoms with Gasteiger partial charge in [-0.3, -0.25) is 0 Å². The molecule has 110 valence electrons. The van der Waals surface area contributed by atoms with E-state index >= 15 is 0 Å². The topological polar surface area (TPSA) is 45.1 Å². The van der Waals surface area contributed by atoms with Gasteiger partial charge in [0.2, 0.25) is 0 Å². The molecule has 1 aromatic carbocycles. The Labute approximate surface area is 130 Å². The summed E-state index contributed by atoms with van der Waals surface area (Å²) in [4.78, 5) is 4.06. The molecule has 1 atom stereocenters. The normalized spacial score (nSPS) is 21.0. The third-order valence-electron chi connectivity index (χ3n) is 4.09. The fraction of sp³-hybridized carbons (Fsp3) is 0.353. The molecule has 21 heavy (non-hydrogen) atoms. The summed E-state index contributed by atoms with van der Waals surface area (Å²) in [5.41, 5.74) is 2.63. The van der Waals surface area contributed by atoms with Gasteiger partial charge in [-0.2, -0.15) is 0 Å². The number of nitrogens with zero attached hydrogens (tertiary/aromatic N) is 1. The van der Waals surface area contributed by atoms with Gasteiger partial charge in [-0.1, -0.05) is 41.9 Å². The first-order valence-corrected chi connectivity index (χ1v) is 7.67. The van der Waals surface area contributed by atoms with Crippen molar-refractivity contribution in [2.75, 3.05) is 6.54 Å². The van der Waals surface area contributed by atoms with Crippen LogP contribution in [-0.4, -0.2) is 16.6 Å². The molecule has 0 saturated heterocycles. The number of halogens is 1. The number of hydrogen-bond acceptors (Lipinski definition) is 3. The Morgan fingerprint density at radius 2 is 2.10 bits per heavy atom. The van der Waals surface area contributed by atoms with Crippen molar-refractivity contribution in [2.24, 2.45) is 0 Å². The Morgan fingerprint density at radius 3 is 2.90 bits per heavy atom. The van der Waals surface area contributed by atoms with E-state index in [0.29, 0.717) is 18.2 Å². The molecule has 1 aliphatic rings. The van der Waals surface area contributed by atoms with E-state index in [4.69, 9.17) is 11.6 Å². The molecule has 3 rings (SSSR count). The smallest absolute Gasteiger partial charge is 0.129 e. The molecule has 1 aromatic heterocycles. The van der Waals surface area contributed by atoms with Crippen molar-refractivity contribution in [2.45, 2.75) is 31.4 Å². The van der Waals surface area contributed by atoms with E-state index in [9.17, 15) is 5.11 Å². The van der Waals surface area contributed by atoms with Gasteiger partial charge in [0.15, 0.2) is 0 Å². The first kappa shape index (κ1) is 14.5. The minimum absolute atomic E-state index is 0.499. The molecule has 0 radical (unpaired) electrons. The van der Waals surface area contributed by atoms with Gasteiger partial charge in [-0.15, -0.1) is 0 Å². The minimum atomic E-state index is -0.769. The van der Waals surface area contributed by atoms with Crippen LogP contribution in [0.25, 0.3) is 0 Å². The third-order valence-corrected chi connectivity index (χ3v) is 4.31. The second kappa shape index (κ2) is 6.14. The highest BCUT2D eigenvalue weighted by Crippen LogP contribution is 2.34. The van der Waals surface area contributed by atoms with E-state index < -0.39 is 5.60 Å². The lowest BCUT2D eigenvalue weighted by molar-refractivity contribution is 0.0189. The van der Waals surface area contributed by atoms with E-state index in [2.05, 4.69) is 16.4 Å². The molecule has 1 unspecified atom stereocenters. The Morgan fingerprint density at radius 1 is 1.24 bits per heavy atom. The van der Waals surface area contributed by atoms with Crippen molar-refractivity contribution in [3.8, 4) is 0 Å². The van der Waals surface area contributed by atoms with Gasteiger partial charge in [0.05, 0.1) is 0 Å². The molecule has 2 aromatic rings. The molecule has 0 amide bonds. The van der Waals surface area contributed by atoms with Crippen LogP contribution < -0.4 is 5.32 Å². The van der Waals surface area contributed by atoms with Gasteiger partial charge >= 0.3 is 0 Å². The summed E-state index contributed by atoms with van der Waals surface area (Å²) in [7, 11) is 0. The first-order valence-electron chi connectivity index (χ1n) is 7.29. The predicted molar refractivity (Wildman–Crippen MR) is 84.2 cm³/mol. The Balaban J connectivity index is 1.66. The summed E-state index contributed by atoms with van der Waals surface area (Å²) in [5, 5.41) is 14.8. The van der Waals surface area contributed by atoms with Gasteiger partial charge in [0.1, 0.15) is 10.8 Å². The molecule has 1 heterocycles. The monoisotopic (exact) mass is 302 g/mol. The summed E-state index contributed by atoms with van der Waals surface area (Å²) in [6.07, 6.45) is 4.64. The quantitative estimate of drug-likeness (QED) is 0.853. The zero-order valence-electron chi connectivity index (χ0n) is 11.8. The molecule has 0 spiro atoms. The summed E-state index contributed by atoms with van der Waals surface area (Å²) >= 11 is 5.77. The standard InChI is InChI=1S/C17H19ClN2O/c18-16-8-7-13(11-20-16)10-19-12-17(21)9-3-5-14-4-1-2-6-15(14)17/h1-2,4,6-8,11,19,21H,3,5,9-10,12H2. The van der Waals surface area contributed by atoms with Crippen LogP contribution in [0.3, 0.4) is 0 Å². The Hall–Kier alpha value is -1.42. The maximum absolute atomic E-state index is 10.9. The molecule has 0 bridgehead atoms. The molecule has 0 aliphatic heterocycles. The van der Waals surface area contributed by atoms with Crippen LogP contribution in [0.4, 0.5) is 0 Å². The van der Waals surface area contributed by atoms with Crippen LogP contribution in [0.2, 0.25) is 5.15 Å². The molecule has 0 saturated carbocycles. The largest absolute Gasteiger partial charge is 0.384 e. The zero-order valence-corrected chi connectivity index (χ0v) is 12.6. The van der Waals surface area contributed by atoms with Crippen molar-refractivity contribution >= 4 is 11.6 Å². The van der Waals surface area contributed by atoms with Crippen molar-refractivity contribution in [3.05, 3.63) is 64.4 Å². The fourth-order valence-corrected chi connectivity index (χ4v) is 3.12. The van der Waals surface area contributed by atoms with Crippen molar-refractivity contribution in [1.82, 2.24) is 10.3 Å². The predicted octanol–water partition coefficient (Wildman–Crippen LogP) is 3.05. The van der Waals surface area contributed by atoms with Crippen molar-refractivity contribution < 1.29 is 5.11 Å². The Kier molecular flexibility index (Phi) is 4.24. The van der Waals surface area contributed by atoms with Crippen LogP contribution >= 0.6 is 11.6 Å². The number of aliphatic hydroxyl groups is 1. The SMILES string of the molecule is OC1(CNCc2ccc(Cl)nc2)CCCc2ccccc21. The second-order valence-electron chi connectivity index (χ2n) is 5.64. The van der Waals surface area contributed by atoms with Crippen LogP contribution in [0.5, 0.6) is 0 Å². The number of benzene rings is 1. The highest BCUT2D eigenvalue weighted by Gasteiger charge is 2.33. The summed E-state index contributed by atoms with van der Waals surface area (Å²) in [6.45, 7) is 1.22. The molecular weight excluding hydrogens is 284 g/mol. The van der Waals surface area contributed by atoms with Gasteiger partial charge in [-0.05, 0) is 42.0 Å². The van der Waals surface area contributed by atoms with Crippen LogP contribution in [-0.2, 0) is 18.6 Å². The lowest BCUT2D eigenvalue weighted by Crippen LogP contribution is -2.40. The lowest BCUT2D eigenvalue weighted by Gasteiger charge is -2.34. The van der Waals surface area contributed by atoms with Gasteiger partial charge in [0.25, 0.3) is 0 Å². The highest BCUT2D eigenvalue weighted by molar-refractivity contribution is 6.29.